The van der Waals surface area contributed by atoms with E-state index in [1.807, 2.05) is 6.07 Å². The summed E-state index contributed by atoms with van der Waals surface area (Å²) >= 11 is 0. The number of esters is 2. The molecule has 0 fully saturated rings. The van der Waals surface area contributed by atoms with Gasteiger partial charge in [-0.3, -0.25) is 14.9 Å². The van der Waals surface area contributed by atoms with Crippen molar-refractivity contribution in [2.45, 2.75) is 12.5 Å². The lowest BCUT2D eigenvalue weighted by molar-refractivity contribution is -0.384. The molecule has 0 aromatic heterocycles. The fourth-order valence-electron chi connectivity index (χ4n) is 2.51. The Labute approximate surface area is 172 Å². The van der Waals surface area contributed by atoms with E-state index >= 15 is 0 Å². The second kappa shape index (κ2) is 11.1. The average molecular weight is 412 g/mol. The van der Waals surface area contributed by atoms with Crippen LogP contribution in [0.15, 0.2) is 60.7 Å². The maximum atomic E-state index is 12.1. The molecule has 2 aromatic rings. The van der Waals surface area contributed by atoms with E-state index in [0.717, 1.165) is 11.6 Å². The summed E-state index contributed by atoms with van der Waals surface area (Å²) in [5, 5.41) is 13.2. The van der Waals surface area contributed by atoms with E-state index in [0.29, 0.717) is 5.56 Å². The largest absolute Gasteiger partial charge is 0.467 e. The number of amides is 1. The van der Waals surface area contributed by atoms with Gasteiger partial charge < -0.3 is 14.8 Å². The van der Waals surface area contributed by atoms with Gasteiger partial charge in [-0.15, -0.1) is 0 Å². The van der Waals surface area contributed by atoms with Crippen molar-refractivity contribution in [1.82, 2.24) is 5.32 Å². The molecule has 9 heteroatoms. The van der Waals surface area contributed by atoms with Crippen LogP contribution in [0.2, 0.25) is 0 Å². The first kappa shape index (κ1) is 22.3. The van der Waals surface area contributed by atoms with Gasteiger partial charge in [0.25, 0.3) is 11.6 Å². The molecule has 2 rings (SSSR count). The standard InChI is InChI=1S/C21H20N2O7/c1-29-21(26)18(13-15-6-3-2-4-7-15)22-19(24)14-30-20(25)11-10-16-8-5-9-17(12-16)23(27)28/h2-12,18H,13-14H2,1H3,(H,22,24)/b11-10+/t18-/m0/s1. The fraction of sp³-hybridized carbons (Fsp3) is 0.190. The van der Waals surface area contributed by atoms with Crippen LogP contribution in [0.25, 0.3) is 6.08 Å². The normalized spacial score (nSPS) is 11.5. The third-order valence-electron chi connectivity index (χ3n) is 3.94. The number of ether oxygens (including phenoxy) is 2. The molecule has 1 amide bonds. The van der Waals surface area contributed by atoms with E-state index in [9.17, 15) is 24.5 Å². The van der Waals surface area contributed by atoms with Crippen LogP contribution in [-0.2, 0) is 30.3 Å². The molecule has 0 unspecified atom stereocenters. The zero-order chi connectivity index (χ0) is 21.9. The smallest absolute Gasteiger partial charge is 0.331 e. The van der Waals surface area contributed by atoms with Crippen molar-refractivity contribution in [3.05, 3.63) is 81.9 Å². The van der Waals surface area contributed by atoms with Crippen molar-refractivity contribution in [3.63, 3.8) is 0 Å². The van der Waals surface area contributed by atoms with Gasteiger partial charge >= 0.3 is 11.9 Å². The van der Waals surface area contributed by atoms with Crippen LogP contribution in [0, 0.1) is 10.1 Å². The summed E-state index contributed by atoms with van der Waals surface area (Å²) in [6.45, 7) is -0.597. The van der Waals surface area contributed by atoms with Gasteiger partial charge in [0.1, 0.15) is 6.04 Å². The predicted octanol–water partition coefficient (Wildman–Crippen LogP) is 2.05. The number of nitrogens with zero attached hydrogens (tertiary/aromatic N) is 1. The number of carbonyl (C=O) groups is 3. The number of hydrogen-bond acceptors (Lipinski definition) is 7. The molecule has 0 aliphatic carbocycles. The summed E-state index contributed by atoms with van der Waals surface area (Å²) in [5.41, 5.74) is 1.14. The Bertz CT molecular complexity index is 941. The molecule has 0 heterocycles. The molecular formula is C21H20N2O7. The van der Waals surface area contributed by atoms with Crippen LogP contribution in [0.4, 0.5) is 5.69 Å². The molecule has 1 N–H and O–H groups in total. The second-order valence-electron chi connectivity index (χ2n) is 6.13. The van der Waals surface area contributed by atoms with Gasteiger partial charge in [0.2, 0.25) is 0 Å². The topological polar surface area (TPSA) is 125 Å². The van der Waals surface area contributed by atoms with Crippen LogP contribution < -0.4 is 5.32 Å². The number of rotatable bonds is 9. The van der Waals surface area contributed by atoms with Crippen LogP contribution in [0.1, 0.15) is 11.1 Å². The van der Waals surface area contributed by atoms with Crippen LogP contribution in [0.5, 0.6) is 0 Å². The molecule has 0 aliphatic heterocycles. The Kier molecular flexibility index (Phi) is 8.25. The Balaban J connectivity index is 1.88. The van der Waals surface area contributed by atoms with Gasteiger partial charge in [-0.05, 0) is 17.2 Å². The minimum atomic E-state index is -0.927. The predicted molar refractivity (Wildman–Crippen MR) is 107 cm³/mol. The van der Waals surface area contributed by atoms with Crippen LogP contribution >= 0.6 is 0 Å². The van der Waals surface area contributed by atoms with Gasteiger partial charge in [-0.2, -0.15) is 0 Å². The zero-order valence-corrected chi connectivity index (χ0v) is 16.1. The third-order valence-corrected chi connectivity index (χ3v) is 3.94. The summed E-state index contributed by atoms with van der Waals surface area (Å²) in [7, 11) is 1.21. The molecular weight excluding hydrogens is 392 g/mol. The number of non-ortho nitro benzene ring substituents is 1. The maximum absolute atomic E-state index is 12.1. The molecule has 1 atom stereocenters. The number of methoxy groups -OCH3 is 1. The molecule has 0 saturated carbocycles. The fourth-order valence-corrected chi connectivity index (χ4v) is 2.51. The first-order chi connectivity index (χ1) is 14.4. The quantitative estimate of drug-likeness (QED) is 0.289. The molecule has 0 radical (unpaired) electrons. The molecule has 30 heavy (non-hydrogen) atoms. The van der Waals surface area contributed by atoms with Gasteiger partial charge in [0, 0.05) is 24.6 Å². The highest BCUT2D eigenvalue weighted by molar-refractivity contribution is 5.90. The van der Waals surface area contributed by atoms with Gasteiger partial charge in [0.15, 0.2) is 6.61 Å². The number of nitro groups is 1. The minimum absolute atomic E-state index is 0.114. The molecule has 9 nitrogen and oxygen atoms in total. The van der Waals surface area contributed by atoms with Crippen molar-refractivity contribution in [2.75, 3.05) is 13.7 Å². The summed E-state index contributed by atoms with van der Waals surface area (Å²) in [4.78, 5) is 46.0. The number of nitrogens with one attached hydrogen (secondary N) is 1. The summed E-state index contributed by atoms with van der Waals surface area (Å²) in [6.07, 6.45) is 2.61. The van der Waals surface area contributed by atoms with E-state index < -0.39 is 35.4 Å². The van der Waals surface area contributed by atoms with Crippen molar-refractivity contribution < 1.29 is 28.8 Å². The van der Waals surface area contributed by atoms with Crippen molar-refractivity contribution >= 4 is 29.6 Å². The van der Waals surface area contributed by atoms with Crippen molar-refractivity contribution in [1.29, 1.82) is 0 Å². The zero-order valence-electron chi connectivity index (χ0n) is 16.1. The lowest BCUT2D eigenvalue weighted by atomic mass is 10.1. The maximum Gasteiger partial charge on any atom is 0.331 e. The Morgan fingerprint density at radius 2 is 1.87 bits per heavy atom. The van der Waals surface area contributed by atoms with E-state index in [1.54, 1.807) is 30.3 Å². The summed E-state index contributed by atoms with van der Waals surface area (Å²) in [6, 6.07) is 13.8. The second-order valence-corrected chi connectivity index (χ2v) is 6.13. The molecule has 0 bridgehead atoms. The highest BCUT2D eigenvalue weighted by atomic mass is 16.6. The van der Waals surface area contributed by atoms with Gasteiger partial charge in [-0.1, -0.05) is 42.5 Å². The van der Waals surface area contributed by atoms with Crippen LogP contribution in [0.3, 0.4) is 0 Å². The molecule has 2 aromatic carbocycles. The number of hydrogen-bond donors (Lipinski definition) is 1. The van der Waals surface area contributed by atoms with Crippen molar-refractivity contribution in [3.8, 4) is 0 Å². The first-order valence-corrected chi connectivity index (χ1v) is 8.89. The lowest BCUT2D eigenvalue weighted by Gasteiger charge is -2.16. The first-order valence-electron chi connectivity index (χ1n) is 8.89. The van der Waals surface area contributed by atoms with Gasteiger partial charge in [0.05, 0.1) is 12.0 Å². The Hall–Kier alpha value is -4.01. The van der Waals surface area contributed by atoms with Crippen LogP contribution in [-0.4, -0.2) is 42.5 Å². The molecule has 0 aliphatic rings. The Morgan fingerprint density at radius 1 is 1.13 bits per heavy atom. The summed E-state index contributed by atoms with van der Waals surface area (Å²) in [5.74, 6) is -2.10. The van der Waals surface area contributed by atoms with E-state index in [4.69, 9.17) is 9.47 Å². The monoisotopic (exact) mass is 412 g/mol. The summed E-state index contributed by atoms with van der Waals surface area (Å²) < 4.78 is 9.55. The molecule has 0 spiro atoms. The van der Waals surface area contributed by atoms with Gasteiger partial charge in [-0.25, -0.2) is 9.59 Å². The SMILES string of the molecule is COC(=O)[C@H](Cc1ccccc1)NC(=O)COC(=O)/C=C/c1cccc([N+](=O)[O-])c1. The lowest BCUT2D eigenvalue weighted by Crippen LogP contribution is -2.44. The number of nitro benzene ring substituents is 1. The molecule has 156 valence electrons. The third kappa shape index (κ3) is 7.19. The average Bonchev–Trinajstić information content (AvgIpc) is 2.76. The number of benzene rings is 2. The minimum Gasteiger partial charge on any atom is -0.467 e. The van der Waals surface area contributed by atoms with E-state index in [2.05, 4.69) is 5.32 Å². The highest BCUT2D eigenvalue weighted by Crippen LogP contribution is 2.14. The van der Waals surface area contributed by atoms with E-state index in [1.165, 1.54) is 31.4 Å². The Morgan fingerprint density at radius 3 is 2.53 bits per heavy atom. The van der Waals surface area contributed by atoms with E-state index in [-0.39, 0.29) is 12.1 Å². The highest BCUT2D eigenvalue weighted by Gasteiger charge is 2.22. The number of carbonyl (C=O) groups excluding carboxylic acids is 3. The molecule has 0 saturated heterocycles. The van der Waals surface area contributed by atoms with Crippen molar-refractivity contribution in [2.24, 2.45) is 0 Å².